The molecule has 1 aliphatic heterocycles. The van der Waals surface area contributed by atoms with Crippen molar-refractivity contribution >= 4 is 17.8 Å². The lowest BCUT2D eigenvalue weighted by atomic mass is 10.2. The predicted molar refractivity (Wildman–Crippen MR) is 115 cm³/mol. The van der Waals surface area contributed by atoms with E-state index in [1.165, 1.54) is 11.3 Å². The number of amides is 1. The molecule has 154 valence electrons. The van der Waals surface area contributed by atoms with Crippen LogP contribution < -0.4 is 19.8 Å². The molecule has 3 rings (SSSR count). The number of ether oxygens (including phenoxy) is 2. The molecule has 0 spiro atoms. The second kappa shape index (κ2) is 9.93. The lowest BCUT2D eigenvalue weighted by Gasteiger charge is -2.35. The first-order chi connectivity index (χ1) is 14.1. The molecule has 0 atom stereocenters. The van der Waals surface area contributed by atoms with Crippen molar-refractivity contribution in [1.82, 2.24) is 10.3 Å². The fourth-order valence-corrected chi connectivity index (χ4v) is 3.41. The maximum atomic E-state index is 12.2. The summed E-state index contributed by atoms with van der Waals surface area (Å²) in [6, 6.07) is 14.0. The Morgan fingerprint density at radius 3 is 2.55 bits per heavy atom. The van der Waals surface area contributed by atoms with E-state index >= 15 is 0 Å². The summed E-state index contributed by atoms with van der Waals surface area (Å²) in [6.45, 7) is 5.92. The maximum Gasteiger partial charge on any atom is 0.254 e. The number of hydrazone groups is 1. The van der Waals surface area contributed by atoms with Crippen molar-refractivity contribution in [3.63, 3.8) is 0 Å². The van der Waals surface area contributed by atoms with Gasteiger partial charge in [-0.3, -0.25) is 9.69 Å². The van der Waals surface area contributed by atoms with Crippen molar-refractivity contribution in [2.45, 2.75) is 6.92 Å². The highest BCUT2D eigenvalue weighted by Gasteiger charge is 2.19. The minimum absolute atomic E-state index is 0.132. The molecule has 1 fully saturated rings. The number of benzene rings is 2. The third-order valence-corrected chi connectivity index (χ3v) is 4.93. The molecule has 0 aliphatic carbocycles. The summed E-state index contributed by atoms with van der Waals surface area (Å²) in [5.74, 6) is 1.07. The highest BCUT2D eigenvalue weighted by molar-refractivity contribution is 5.86. The fraction of sp³-hybridized carbons (Fsp3) is 0.364. The summed E-state index contributed by atoms with van der Waals surface area (Å²) in [5.41, 5.74) is 5.83. The van der Waals surface area contributed by atoms with Crippen molar-refractivity contribution in [1.29, 1.82) is 0 Å². The average molecular weight is 396 g/mol. The molecule has 29 heavy (non-hydrogen) atoms. The topological polar surface area (TPSA) is 66.4 Å². The third kappa shape index (κ3) is 5.48. The summed E-state index contributed by atoms with van der Waals surface area (Å²) < 4.78 is 10.6. The Hall–Kier alpha value is -3.06. The van der Waals surface area contributed by atoms with Crippen LogP contribution in [0.4, 0.5) is 5.69 Å². The van der Waals surface area contributed by atoms with E-state index in [2.05, 4.69) is 51.5 Å². The first-order valence-electron chi connectivity index (χ1n) is 9.67. The lowest BCUT2D eigenvalue weighted by molar-refractivity contribution is -0.122. The molecule has 0 radical (unpaired) electrons. The second-order valence-corrected chi connectivity index (χ2v) is 6.98. The van der Waals surface area contributed by atoms with Gasteiger partial charge in [0.05, 0.1) is 27.0 Å². The van der Waals surface area contributed by atoms with Gasteiger partial charge in [-0.1, -0.05) is 18.2 Å². The van der Waals surface area contributed by atoms with E-state index < -0.39 is 0 Å². The molecule has 1 aliphatic rings. The number of carbonyl (C=O) groups excluding carboxylic acids is 1. The average Bonchev–Trinajstić information content (AvgIpc) is 2.74. The highest BCUT2D eigenvalue weighted by Crippen LogP contribution is 2.29. The smallest absolute Gasteiger partial charge is 0.254 e. The molecule has 7 nitrogen and oxygen atoms in total. The van der Waals surface area contributed by atoms with E-state index in [0.717, 1.165) is 31.7 Å². The summed E-state index contributed by atoms with van der Waals surface area (Å²) in [4.78, 5) is 16.7. The zero-order chi connectivity index (χ0) is 20.6. The van der Waals surface area contributed by atoms with Crippen molar-refractivity contribution in [2.75, 3.05) is 51.8 Å². The van der Waals surface area contributed by atoms with Gasteiger partial charge >= 0.3 is 0 Å². The SMILES string of the molecule is COc1cccc(C=NNC(=O)CN2CCN(c3cccc(C)c3)CC2)c1OC. The molecule has 2 aromatic carbocycles. The molecule has 0 bridgehead atoms. The Morgan fingerprint density at radius 1 is 1.10 bits per heavy atom. The second-order valence-electron chi connectivity index (χ2n) is 6.98. The van der Waals surface area contributed by atoms with Gasteiger partial charge in [-0.2, -0.15) is 5.10 Å². The number of para-hydroxylation sites is 1. The van der Waals surface area contributed by atoms with E-state index in [-0.39, 0.29) is 5.91 Å². The lowest BCUT2D eigenvalue weighted by Crippen LogP contribution is -2.49. The van der Waals surface area contributed by atoms with E-state index in [1.807, 2.05) is 18.2 Å². The van der Waals surface area contributed by atoms with Crippen LogP contribution in [0.1, 0.15) is 11.1 Å². The van der Waals surface area contributed by atoms with Gasteiger partial charge in [-0.05, 0) is 36.8 Å². The Labute approximate surface area is 171 Å². The number of hydrogen-bond acceptors (Lipinski definition) is 6. The number of anilines is 1. The zero-order valence-electron chi connectivity index (χ0n) is 17.2. The number of hydrogen-bond donors (Lipinski definition) is 1. The van der Waals surface area contributed by atoms with Gasteiger partial charge < -0.3 is 14.4 Å². The van der Waals surface area contributed by atoms with Gasteiger partial charge in [-0.15, -0.1) is 0 Å². The highest BCUT2D eigenvalue weighted by atomic mass is 16.5. The van der Waals surface area contributed by atoms with Crippen LogP contribution in [0.5, 0.6) is 11.5 Å². The molecule has 7 heteroatoms. The number of rotatable bonds is 7. The third-order valence-electron chi connectivity index (χ3n) is 4.93. The van der Waals surface area contributed by atoms with E-state index in [9.17, 15) is 4.79 Å². The normalized spacial score (nSPS) is 14.8. The summed E-state index contributed by atoms with van der Waals surface area (Å²) >= 11 is 0. The molecule has 1 saturated heterocycles. The van der Waals surface area contributed by atoms with Crippen molar-refractivity contribution in [3.8, 4) is 11.5 Å². The number of nitrogens with zero attached hydrogens (tertiary/aromatic N) is 3. The molecule has 1 N–H and O–H groups in total. The van der Waals surface area contributed by atoms with Crippen molar-refractivity contribution in [3.05, 3.63) is 53.6 Å². The van der Waals surface area contributed by atoms with Crippen molar-refractivity contribution < 1.29 is 14.3 Å². The number of carbonyl (C=O) groups is 1. The molecule has 0 unspecified atom stereocenters. The molecule has 1 heterocycles. The van der Waals surface area contributed by atoms with Crippen LogP contribution >= 0.6 is 0 Å². The van der Waals surface area contributed by atoms with Crippen LogP contribution in [-0.2, 0) is 4.79 Å². The van der Waals surface area contributed by atoms with E-state index in [1.54, 1.807) is 20.4 Å². The van der Waals surface area contributed by atoms with Crippen LogP contribution in [0, 0.1) is 6.92 Å². The Morgan fingerprint density at radius 2 is 1.86 bits per heavy atom. The standard InChI is InChI=1S/C22H28N4O3/c1-17-6-4-8-19(14-17)26-12-10-25(11-13-26)16-21(27)24-23-15-18-7-5-9-20(28-2)22(18)29-3/h4-9,14-15H,10-13,16H2,1-3H3,(H,24,27). The number of nitrogens with one attached hydrogen (secondary N) is 1. The van der Waals surface area contributed by atoms with Crippen LogP contribution in [0.3, 0.4) is 0 Å². The molecule has 2 aromatic rings. The summed E-state index contributed by atoms with van der Waals surface area (Å²) in [6.07, 6.45) is 1.56. The maximum absolute atomic E-state index is 12.2. The Bertz CT molecular complexity index is 861. The van der Waals surface area contributed by atoms with Crippen LogP contribution in [0.15, 0.2) is 47.6 Å². The van der Waals surface area contributed by atoms with Crippen LogP contribution in [0.2, 0.25) is 0 Å². The molecular formula is C22H28N4O3. The zero-order valence-corrected chi connectivity index (χ0v) is 17.2. The molecule has 0 saturated carbocycles. The van der Waals surface area contributed by atoms with Gasteiger partial charge in [0.15, 0.2) is 11.5 Å². The number of aryl methyl sites for hydroxylation is 1. The Balaban J connectivity index is 1.48. The van der Waals surface area contributed by atoms with E-state index in [0.29, 0.717) is 18.0 Å². The first-order valence-corrected chi connectivity index (χ1v) is 9.67. The van der Waals surface area contributed by atoms with Gasteiger partial charge in [0.2, 0.25) is 0 Å². The van der Waals surface area contributed by atoms with Crippen molar-refractivity contribution in [2.24, 2.45) is 5.10 Å². The van der Waals surface area contributed by atoms with Gasteiger partial charge in [0.25, 0.3) is 5.91 Å². The fourth-order valence-electron chi connectivity index (χ4n) is 3.41. The largest absolute Gasteiger partial charge is 0.493 e. The first kappa shape index (κ1) is 20.7. The van der Waals surface area contributed by atoms with E-state index in [4.69, 9.17) is 9.47 Å². The monoisotopic (exact) mass is 396 g/mol. The van der Waals surface area contributed by atoms with Gasteiger partial charge in [-0.25, -0.2) is 5.43 Å². The Kier molecular flexibility index (Phi) is 7.08. The number of piperazine rings is 1. The minimum atomic E-state index is -0.132. The minimum Gasteiger partial charge on any atom is -0.493 e. The van der Waals surface area contributed by atoms with Gasteiger partial charge in [0.1, 0.15) is 0 Å². The molecule has 1 amide bonds. The molecular weight excluding hydrogens is 368 g/mol. The van der Waals surface area contributed by atoms with Gasteiger partial charge in [0, 0.05) is 37.4 Å². The van der Waals surface area contributed by atoms with Crippen LogP contribution in [-0.4, -0.2) is 64.0 Å². The summed E-state index contributed by atoms with van der Waals surface area (Å²) in [5, 5.41) is 4.07. The quantitative estimate of drug-likeness (QED) is 0.575. The van der Waals surface area contributed by atoms with Crippen LogP contribution in [0.25, 0.3) is 0 Å². The molecule has 0 aromatic heterocycles. The number of methoxy groups -OCH3 is 2. The summed E-state index contributed by atoms with van der Waals surface area (Å²) in [7, 11) is 3.16. The predicted octanol–water partition coefficient (Wildman–Crippen LogP) is 2.28.